The van der Waals surface area contributed by atoms with Crippen LogP contribution >= 0.6 is 0 Å². The van der Waals surface area contributed by atoms with Crippen LogP contribution in [-0.4, -0.2) is 19.7 Å². The van der Waals surface area contributed by atoms with Crippen LogP contribution < -0.4 is 9.46 Å². The fraction of sp³-hybridized carbons (Fsp3) is 0.438. The zero-order chi connectivity index (χ0) is 16.4. The van der Waals surface area contributed by atoms with Crippen LogP contribution in [0.25, 0.3) is 0 Å². The van der Waals surface area contributed by atoms with Gasteiger partial charge in [0.1, 0.15) is 11.4 Å². The highest BCUT2D eigenvalue weighted by molar-refractivity contribution is 7.92. The summed E-state index contributed by atoms with van der Waals surface area (Å²) in [5, 5.41) is 3.69. The molecule has 3 rings (SSSR count). The monoisotopic (exact) mass is 336 g/mol. The van der Waals surface area contributed by atoms with E-state index in [2.05, 4.69) is 9.88 Å². The Kier molecular flexibility index (Phi) is 4.30. The maximum atomic E-state index is 12.5. The number of ether oxygens (including phenoxy) is 1. The largest absolute Gasteiger partial charge is 0.490 e. The van der Waals surface area contributed by atoms with Crippen molar-refractivity contribution in [3.8, 4) is 5.75 Å². The van der Waals surface area contributed by atoms with Crippen molar-refractivity contribution in [1.82, 2.24) is 5.16 Å². The average Bonchev–Trinajstić information content (AvgIpc) is 3.09. The van der Waals surface area contributed by atoms with Crippen LogP contribution in [0.15, 0.2) is 33.7 Å². The Labute approximate surface area is 135 Å². The van der Waals surface area contributed by atoms with Crippen LogP contribution in [0, 0.1) is 13.8 Å². The zero-order valence-corrected chi connectivity index (χ0v) is 14.0. The zero-order valence-electron chi connectivity index (χ0n) is 13.2. The molecule has 1 aromatic heterocycles. The predicted molar refractivity (Wildman–Crippen MR) is 86.1 cm³/mol. The molecule has 124 valence electrons. The van der Waals surface area contributed by atoms with Gasteiger partial charge >= 0.3 is 0 Å². The van der Waals surface area contributed by atoms with Gasteiger partial charge in [-0.25, -0.2) is 8.42 Å². The molecule has 6 nitrogen and oxygen atoms in total. The molecule has 0 radical (unpaired) electrons. The highest BCUT2D eigenvalue weighted by atomic mass is 32.2. The quantitative estimate of drug-likeness (QED) is 0.905. The number of nitrogens with one attached hydrogen (secondary N) is 1. The van der Waals surface area contributed by atoms with Crippen LogP contribution in [0.2, 0.25) is 0 Å². The Hall–Kier alpha value is -2.02. The average molecular weight is 336 g/mol. The van der Waals surface area contributed by atoms with Crippen molar-refractivity contribution >= 4 is 15.7 Å². The van der Waals surface area contributed by atoms with E-state index in [4.69, 9.17) is 9.26 Å². The first kappa shape index (κ1) is 15.9. The molecule has 1 N–H and O–H groups in total. The van der Waals surface area contributed by atoms with E-state index in [9.17, 15) is 8.42 Å². The van der Waals surface area contributed by atoms with E-state index >= 15 is 0 Å². The van der Waals surface area contributed by atoms with E-state index in [0.717, 1.165) is 12.8 Å². The minimum atomic E-state index is -3.74. The molecule has 1 saturated carbocycles. The van der Waals surface area contributed by atoms with Gasteiger partial charge in [-0.1, -0.05) is 11.2 Å². The second-order valence-electron chi connectivity index (χ2n) is 5.81. The van der Waals surface area contributed by atoms with Crippen LogP contribution in [0.1, 0.15) is 37.1 Å². The summed E-state index contributed by atoms with van der Waals surface area (Å²) in [5.74, 6) is 0.948. The molecule has 7 heteroatoms. The summed E-state index contributed by atoms with van der Waals surface area (Å²) in [7, 11) is -3.74. The number of anilines is 1. The van der Waals surface area contributed by atoms with E-state index in [1.165, 1.54) is 12.8 Å². The first-order valence-corrected chi connectivity index (χ1v) is 9.16. The molecular formula is C16H20N2O4S. The van der Waals surface area contributed by atoms with Gasteiger partial charge in [-0.05, 0) is 51.7 Å². The van der Waals surface area contributed by atoms with Gasteiger partial charge in [0.2, 0.25) is 0 Å². The van der Waals surface area contributed by atoms with E-state index in [1.54, 1.807) is 32.0 Å². The van der Waals surface area contributed by atoms with Crippen LogP contribution in [-0.2, 0) is 10.0 Å². The third-order valence-electron chi connectivity index (χ3n) is 3.93. The Bertz CT molecular complexity index is 773. The highest BCUT2D eigenvalue weighted by Gasteiger charge is 2.24. The van der Waals surface area contributed by atoms with Gasteiger partial charge in [0.05, 0.1) is 11.8 Å². The van der Waals surface area contributed by atoms with Crippen molar-refractivity contribution in [3.63, 3.8) is 0 Å². The third-order valence-corrected chi connectivity index (χ3v) is 5.55. The summed E-state index contributed by atoms with van der Waals surface area (Å²) in [6.07, 6.45) is 4.69. The molecule has 0 bridgehead atoms. The molecule has 0 unspecified atom stereocenters. The Morgan fingerprint density at radius 2 is 2.00 bits per heavy atom. The first-order valence-electron chi connectivity index (χ1n) is 7.68. The van der Waals surface area contributed by atoms with Gasteiger partial charge in [0, 0.05) is 6.07 Å². The maximum absolute atomic E-state index is 12.5. The third kappa shape index (κ3) is 3.50. The van der Waals surface area contributed by atoms with Gasteiger partial charge in [-0.2, -0.15) is 0 Å². The highest BCUT2D eigenvalue weighted by Crippen LogP contribution is 2.27. The fourth-order valence-corrected chi connectivity index (χ4v) is 4.28. The summed E-state index contributed by atoms with van der Waals surface area (Å²) in [5.41, 5.74) is 0.800. The standard InChI is InChI=1S/C16H20N2O4S/c1-11-16(12(2)22-17-11)23(19,20)18-13-6-5-9-15(10-13)21-14-7-3-4-8-14/h5-6,9-10,14,18H,3-4,7-8H2,1-2H3. The van der Waals surface area contributed by atoms with Gasteiger partial charge in [-0.15, -0.1) is 0 Å². The van der Waals surface area contributed by atoms with Gasteiger partial charge < -0.3 is 9.26 Å². The number of hydrogen-bond donors (Lipinski definition) is 1. The van der Waals surface area contributed by atoms with Crippen molar-refractivity contribution in [2.45, 2.75) is 50.5 Å². The first-order chi connectivity index (χ1) is 11.0. The summed E-state index contributed by atoms with van der Waals surface area (Å²) in [6, 6.07) is 7.01. The number of aryl methyl sites for hydroxylation is 2. The number of sulfonamides is 1. The lowest BCUT2D eigenvalue weighted by molar-refractivity contribution is 0.210. The maximum Gasteiger partial charge on any atom is 0.267 e. The molecule has 0 saturated heterocycles. The van der Waals surface area contributed by atoms with E-state index in [1.807, 2.05) is 6.07 Å². The van der Waals surface area contributed by atoms with E-state index in [-0.39, 0.29) is 16.8 Å². The molecular weight excluding hydrogens is 316 g/mol. The number of rotatable bonds is 5. The number of aromatic nitrogens is 1. The second kappa shape index (κ2) is 6.23. The molecule has 0 atom stereocenters. The lowest BCUT2D eigenvalue weighted by Gasteiger charge is -2.14. The smallest absolute Gasteiger partial charge is 0.267 e. The predicted octanol–water partition coefficient (Wildman–Crippen LogP) is 3.41. The topological polar surface area (TPSA) is 81.4 Å². The van der Waals surface area contributed by atoms with E-state index in [0.29, 0.717) is 17.1 Å². The molecule has 23 heavy (non-hydrogen) atoms. The Morgan fingerprint density at radius 3 is 2.65 bits per heavy atom. The van der Waals surface area contributed by atoms with Crippen molar-refractivity contribution in [2.24, 2.45) is 0 Å². The molecule has 1 heterocycles. The molecule has 0 spiro atoms. The molecule has 1 fully saturated rings. The molecule has 2 aromatic rings. The van der Waals surface area contributed by atoms with Gasteiger partial charge in [0.25, 0.3) is 10.0 Å². The van der Waals surface area contributed by atoms with Crippen LogP contribution in [0.4, 0.5) is 5.69 Å². The van der Waals surface area contributed by atoms with Crippen LogP contribution in [0.3, 0.4) is 0 Å². The molecule has 1 aliphatic carbocycles. The van der Waals surface area contributed by atoms with E-state index < -0.39 is 10.0 Å². The Morgan fingerprint density at radius 1 is 1.26 bits per heavy atom. The molecule has 0 amide bonds. The summed E-state index contributed by atoms with van der Waals surface area (Å²) in [4.78, 5) is 0.0830. The summed E-state index contributed by atoms with van der Waals surface area (Å²) < 4.78 is 38.4. The number of hydrogen-bond acceptors (Lipinski definition) is 5. The fourth-order valence-electron chi connectivity index (χ4n) is 2.90. The SMILES string of the molecule is Cc1noc(C)c1S(=O)(=O)Nc1cccc(OC2CCCC2)c1. The summed E-state index contributed by atoms with van der Waals surface area (Å²) >= 11 is 0. The molecule has 1 aliphatic rings. The number of benzene rings is 1. The summed E-state index contributed by atoms with van der Waals surface area (Å²) in [6.45, 7) is 3.18. The van der Waals surface area contributed by atoms with Crippen LogP contribution in [0.5, 0.6) is 5.75 Å². The minimum Gasteiger partial charge on any atom is -0.490 e. The van der Waals surface area contributed by atoms with Gasteiger partial charge in [0.15, 0.2) is 10.7 Å². The van der Waals surface area contributed by atoms with Crippen molar-refractivity contribution in [2.75, 3.05) is 4.72 Å². The lowest BCUT2D eigenvalue weighted by Crippen LogP contribution is -2.15. The second-order valence-corrected chi connectivity index (χ2v) is 7.43. The molecule has 0 aliphatic heterocycles. The van der Waals surface area contributed by atoms with Crippen molar-refractivity contribution in [1.29, 1.82) is 0 Å². The molecule has 1 aromatic carbocycles. The van der Waals surface area contributed by atoms with Crippen molar-refractivity contribution < 1.29 is 17.7 Å². The Balaban J connectivity index is 1.79. The normalized spacial score (nSPS) is 15.7. The van der Waals surface area contributed by atoms with Gasteiger partial charge in [-0.3, -0.25) is 4.72 Å². The minimum absolute atomic E-state index is 0.0830. The van der Waals surface area contributed by atoms with Crippen molar-refractivity contribution in [3.05, 3.63) is 35.7 Å². The number of nitrogens with zero attached hydrogens (tertiary/aromatic N) is 1. The lowest BCUT2D eigenvalue weighted by atomic mass is 10.3.